The van der Waals surface area contributed by atoms with Crippen LogP contribution in [0.3, 0.4) is 0 Å². The summed E-state index contributed by atoms with van der Waals surface area (Å²) in [4.78, 5) is 10.6. The van der Waals surface area contributed by atoms with Crippen LogP contribution in [0.1, 0.15) is 23.2 Å². The number of carbonyl (C=O) groups is 1. The minimum atomic E-state index is 0.267. The Morgan fingerprint density at radius 1 is 1.46 bits per heavy atom. The van der Waals surface area contributed by atoms with E-state index in [2.05, 4.69) is 0 Å². The highest BCUT2D eigenvalue weighted by atomic mass is 16.5. The van der Waals surface area contributed by atoms with Crippen LogP contribution in [0.15, 0.2) is 18.2 Å². The Bertz CT molecular complexity index is 332. The van der Waals surface area contributed by atoms with Gasteiger partial charge in [-0.3, -0.25) is 4.79 Å². The number of nitrogens with two attached hydrogens (primary N) is 1. The number of benzene rings is 1. The first-order chi connectivity index (χ1) is 6.31. The van der Waals surface area contributed by atoms with Gasteiger partial charge in [-0.1, -0.05) is 6.07 Å². The smallest absolute Gasteiger partial charge is 0.153 e. The van der Waals surface area contributed by atoms with Crippen LogP contribution >= 0.6 is 0 Å². The number of aldehydes is 1. The van der Waals surface area contributed by atoms with Gasteiger partial charge in [0, 0.05) is 0 Å². The summed E-state index contributed by atoms with van der Waals surface area (Å²) in [6.07, 6.45) is 3.16. The van der Waals surface area contributed by atoms with Crippen LogP contribution < -0.4 is 10.5 Å². The lowest BCUT2D eigenvalue weighted by Crippen LogP contribution is -2.02. The van der Waals surface area contributed by atoms with Gasteiger partial charge in [0.2, 0.25) is 0 Å². The van der Waals surface area contributed by atoms with Crippen molar-refractivity contribution in [1.29, 1.82) is 0 Å². The third kappa shape index (κ3) is 1.64. The van der Waals surface area contributed by atoms with Gasteiger partial charge < -0.3 is 10.5 Å². The van der Waals surface area contributed by atoms with Gasteiger partial charge in [0.25, 0.3) is 0 Å². The monoisotopic (exact) mass is 177 g/mol. The Morgan fingerprint density at radius 3 is 2.85 bits per heavy atom. The molecule has 0 bridgehead atoms. The summed E-state index contributed by atoms with van der Waals surface area (Å²) < 4.78 is 5.52. The SMILES string of the molecule is Nc1cccc(C=O)c1OC1CC1. The normalized spacial score (nSPS) is 15.4. The molecule has 1 aromatic carbocycles. The Kier molecular flexibility index (Phi) is 1.93. The number of nitrogen functional groups attached to an aromatic ring is 1. The first kappa shape index (κ1) is 8.10. The van der Waals surface area contributed by atoms with Crippen LogP contribution in [0.2, 0.25) is 0 Å². The van der Waals surface area contributed by atoms with E-state index in [-0.39, 0.29) is 6.10 Å². The van der Waals surface area contributed by atoms with E-state index >= 15 is 0 Å². The van der Waals surface area contributed by atoms with Gasteiger partial charge in [-0.25, -0.2) is 0 Å². The molecule has 0 amide bonds. The van der Waals surface area contributed by atoms with Crippen LogP contribution in [-0.4, -0.2) is 12.4 Å². The first-order valence-electron chi connectivity index (χ1n) is 4.31. The highest BCUT2D eigenvalue weighted by Crippen LogP contribution is 2.32. The maximum absolute atomic E-state index is 10.6. The van der Waals surface area contributed by atoms with Crippen molar-refractivity contribution in [2.75, 3.05) is 5.73 Å². The van der Waals surface area contributed by atoms with Gasteiger partial charge in [0.15, 0.2) is 12.0 Å². The average Bonchev–Trinajstić information content (AvgIpc) is 2.92. The Balaban J connectivity index is 2.32. The second-order valence-electron chi connectivity index (χ2n) is 3.20. The highest BCUT2D eigenvalue weighted by Gasteiger charge is 2.25. The first-order valence-corrected chi connectivity index (χ1v) is 4.31. The van der Waals surface area contributed by atoms with Gasteiger partial charge in [0.1, 0.15) is 0 Å². The lowest BCUT2D eigenvalue weighted by Gasteiger charge is -2.09. The average molecular weight is 177 g/mol. The predicted octanol–water partition coefficient (Wildman–Crippen LogP) is 1.62. The van der Waals surface area contributed by atoms with E-state index in [1.807, 2.05) is 0 Å². The Hall–Kier alpha value is -1.51. The van der Waals surface area contributed by atoms with Crippen LogP contribution in [-0.2, 0) is 0 Å². The minimum Gasteiger partial charge on any atom is -0.488 e. The van der Waals surface area contributed by atoms with Gasteiger partial charge in [-0.2, -0.15) is 0 Å². The molecular formula is C10H11NO2. The number of hydrogen-bond donors (Lipinski definition) is 1. The molecule has 0 spiro atoms. The standard InChI is InChI=1S/C10H11NO2/c11-9-3-1-2-7(6-12)10(9)13-8-4-5-8/h1-3,6,8H,4-5,11H2. The molecule has 0 aliphatic heterocycles. The molecule has 3 nitrogen and oxygen atoms in total. The molecule has 0 unspecified atom stereocenters. The molecule has 3 heteroatoms. The predicted molar refractivity (Wildman–Crippen MR) is 49.9 cm³/mol. The maximum atomic E-state index is 10.6. The molecule has 1 aliphatic rings. The van der Waals surface area contributed by atoms with Gasteiger partial charge in [-0.15, -0.1) is 0 Å². The highest BCUT2D eigenvalue weighted by molar-refractivity contribution is 5.83. The summed E-state index contributed by atoms with van der Waals surface area (Å²) in [6, 6.07) is 5.20. The van der Waals surface area contributed by atoms with Crippen molar-refractivity contribution >= 4 is 12.0 Å². The molecular weight excluding hydrogens is 166 g/mol. The second kappa shape index (κ2) is 3.09. The molecule has 2 N–H and O–H groups in total. The fourth-order valence-corrected chi connectivity index (χ4v) is 1.15. The van der Waals surface area contributed by atoms with E-state index < -0.39 is 0 Å². The summed E-state index contributed by atoms with van der Waals surface area (Å²) in [5, 5.41) is 0. The third-order valence-corrected chi connectivity index (χ3v) is 2.01. The molecule has 1 aromatic rings. The van der Waals surface area contributed by atoms with Crippen LogP contribution in [0, 0.1) is 0 Å². The zero-order valence-electron chi connectivity index (χ0n) is 7.19. The fraction of sp³-hybridized carbons (Fsp3) is 0.300. The molecule has 0 saturated heterocycles. The van der Waals surface area contributed by atoms with Crippen molar-refractivity contribution in [2.45, 2.75) is 18.9 Å². The zero-order chi connectivity index (χ0) is 9.26. The quantitative estimate of drug-likeness (QED) is 0.563. The molecule has 0 aromatic heterocycles. The number of ether oxygens (including phenoxy) is 1. The van der Waals surface area contributed by atoms with E-state index in [9.17, 15) is 4.79 Å². The van der Waals surface area contributed by atoms with E-state index in [0.717, 1.165) is 19.1 Å². The van der Waals surface area contributed by atoms with Gasteiger partial charge in [0.05, 0.1) is 17.4 Å². The lowest BCUT2D eigenvalue weighted by atomic mass is 10.2. The van der Waals surface area contributed by atoms with Crippen molar-refractivity contribution in [3.05, 3.63) is 23.8 Å². The molecule has 1 aliphatic carbocycles. The summed E-state index contributed by atoms with van der Waals surface area (Å²) in [5.41, 5.74) is 6.76. The van der Waals surface area contributed by atoms with E-state index in [0.29, 0.717) is 17.0 Å². The summed E-state index contributed by atoms with van der Waals surface area (Å²) in [6.45, 7) is 0. The van der Waals surface area contributed by atoms with Crippen LogP contribution in [0.25, 0.3) is 0 Å². The zero-order valence-corrected chi connectivity index (χ0v) is 7.19. The van der Waals surface area contributed by atoms with Crippen molar-refractivity contribution < 1.29 is 9.53 Å². The molecule has 0 radical (unpaired) electrons. The number of rotatable bonds is 3. The molecule has 13 heavy (non-hydrogen) atoms. The van der Waals surface area contributed by atoms with Crippen molar-refractivity contribution in [2.24, 2.45) is 0 Å². The van der Waals surface area contributed by atoms with Gasteiger partial charge >= 0.3 is 0 Å². The fourth-order valence-electron chi connectivity index (χ4n) is 1.15. The third-order valence-electron chi connectivity index (χ3n) is 2.01. The summed E-state index contributed by atoms with van der Waals surface area (Å²) in [7, 11) is 0. The van der Waals surface area contributed by atoms with E-state index in [1.54, 1.807) is 18.2 Å². The van der Waals surface area contributed by atoms with Crippen molar-refractivity contribution in [3.63, 3.8) is 0 Å². The number of anilines is 1. The van der Waals surface area contributed by atoms with Crippen molar-refractivity contribution in [1.82, 2.24) is 0 Å². The number of hydrogen-bond acceptors (Lipinski definition) is 3. The number of carbonyl (C=O) groups excluding carboxylic acids is 1. The van der Waals surface area contributed by atoms with Crippen LogP contribution in [0.4, 0.5) is 5.69 Å². The lowest BCUT2D eigenvalue weighted by molar-refractivity contribution is 0.111. The molecule has 1 saturated carbocycles. The molecule has 0 atom stereocenters. The van der Waals surface area contributed by atoms with E-state index in [4.69, 9.17) is 10.5 Å². The Labute approximate surface area is 76.5 Å². The molecule has 68 valence electrons. The summed E-state index contributed by atoms with van der Waals surface area (Å²) in [5.74, 6) is 0.542. The Morgan fingerprint density at radius 2 is 2.23 bits per heavy atom. The van der Waals surface area contributed by atoms with E-state index in [1.165, 1.54) is 0 Å². The molecule has 2 rings (SSSR count). The maximum Gasteiger partial charge on any atom is 0.153 e. The minimum absolute atomic E-state index is 0.267. The van der Waals surface area contributed by atoms with Gasteiger partial charge in [-0.05, 0) is 25.0 Å². The topological polar surface area (TPSA) is 52.3 Å². The molecule has 0 heterocycles. The van der Waals surface area contributed by atoms with Crippen LogP contribution in [0.5, 0.6) is 5.75 Å². The number of para-hydroxylation sites is 1. The molecule has 1 fully saturated rings. The second-order valence-corrected chi connectivity index (χ2v) is 3.20. The largest absolute Gasteiger partial charge is 0.488 e. The van der Waals surface area contributed by atoms with Crippen molar-refractivity contribution in [3.8, 4) is 5.75 Å². The summed E-state index contributed by atoms with van der Waals surface area (Å²) >= 11 is 0.